The molecule has 10 heteroatoms. The third-order valence-corrected chi connectivity index (χ3v) is 6.63. The Labute approximate surface area is 193 Å². The number of nitrogens with zero attached hydrogens (tertiary/aromatic N) is 3. The van der Waals surface area contributed by atoms with Crippen molar-refractivity contribution in [1.82, 2.24) is 20.3 Å². The molecule has 0 spiro atoms. The molecular formula is C23H32N4O6. The SMILES string of the molecule is CC(C)(C)C1[C@H](ONC(=O)[C@@H]2CC[C@@H]3CN2C(=O)N3OCc2ccccc2)CCN1C(=O)O. The summed E-state index contributed by atoms with van der Waals surface area (Å²) in [5.41, 5.74) is 3.13. The van der Waals surface area contributed by atoms with Gasteiger partial charge in [0.1, 0.15) is 18.8 Å². The van der Waals surface area contributed by atoms with E-state index in [-0.39, 0.29) is 30.1 Å². The zero-order chi connectivity index (χ0) is 23.8. The van der Waals surface area contributed by atoms with E-state index in [0.29, 0.717) is 32.4 Å². The molecule has 0 radical (unpaired) electrons. The zero-order valence-corrected chi connectivity index (χ0v) is 19.3. The lowest BCUT2D eigenvalue weighted by atomic mass is 9.84. The molecule has 3 saturated heterocycles. The minimum Gasteiger partial charge on any atom is -0.465 e. The largest absolute Gasteiger partial charge is 0.465 e. The molecule has 2 N–H and O–H groups in total. The predicted molar refractivity (Wildman–Crippen MR) is 118 cm³/mol. The number of carbonyl (C=O) groups is 3. The number of carbonyl (C=O) groups excluding carboxylic acids is 2. The van der Waals surface area contributed by atoms with E-state index in [2.05, 4.69) is 5.48 Å². The average Bonchev–Trinajstić information content (AvgIpc) is 3.32. The minimum absolute atomic E-state index is 0.0876. The normalized spacial score (nSPS) is 27.2. The molecule has 180 valence electrons. The molecule has 4 atom stereocenters. The fourth-order valence-electron chi connectivity index (χ4n) is 5.12. The number of benzene rings is 1. The van der Waals surface area contributed by atoms with Crippen LogP contribution in [0.1, 0.15) is 45.6 Å². The van der Waals surface area contributed by atoms with Crippen molar-refractivity contribution >= 4 is 18.0 Å². The maximum Gasteiger partial charge on any atom is 0.407 e. The molecule has 0 aromatic heterocycles. The second-order valence-corrected chi connectivity index (χ2v) is 9.96. The summed E-state index contributed by atoms with van der Waals surface area (Å²) >= 11 is 0. The van der Waals surface area contributed by atoms with Crippen molar-refractivity contribution in [1.29, 1.82) is 0 Å². The lowest BCUT2D eigenvalue weighted by Gasteiger charge is -2.36. The van der Waals surface area contributed by atoms with Gasteiger partial charge in [-0.1, -0.05) is 51.1 Å². The number of likely N-dealkylation sites (tertiary alicyclic amines) is 1. The van der Waals surface area contributed by atoms with Crippen molar-refractivity contribution in [3.8, 4) is 0 Å². The van der Waals surface area contributed by atoms with Crippen LogP contribution >= 0.6 is 0 Å². The van der Waals surface area contributed by atoms with Crippen LogP contribution in [0.15, 0.2) is 30.3 Å². The van der Waals surface area contributed by atoms with Crippen LogP contribution in [0.2, 0.25) is 0 Å². The smallest absolute Gasteiger partial charge is 0.407 e. The molecule has 10 nitrogen and oxygen atoms in total. The molecule has 1 unspecified atom stereocenters. The highest BCUT2D eigenvalue weighted by molar-refractivity contribution is 5.88. The number of rotatable bonds is 6. The van der Waals surface area contributed by atoms with Gasteiger partial charge in [-0.3, -0.25) is 14.5 Å². The number of fused-ring (bicyclic) bond motifs is 2. The number of amides is 4. The van der Waals surface area contributed by atoms with Gasteiger partial charge in [0.15, 0.2) is 0 Å². The van der Waals surface area contributed by atoms with Gasteiger partial charge >= 0.3 is 12.1 Å². The van der Waals surface area contributed by atoms with Crippen LogP contribution < -0.4 is 5.48 Å². The Morgan fingerprint density at radius 1 is 1.15 bits per heavy atom. The van der Waals surface area contributed by atoms with Crippen molar-refractivity contribution in [2.24, 2.45) is 5.41 Å². The quantitative estimate of drug-likeness (QED) is 0.631. The topological polar surface area (TPSA) is 112 Å². The summed E-state index contributed by atoms with van der Waals surface area (Å²) in [5, 5.41) is 10.9. The van der Waals surface area contributed by atoms with E-state index in [1.807, 2.05) is 51.1 Å². The van der Waals surface area contributed by atoms with Crippen LogP contribution in [0.25, 0.3) is 0 Å². The summed E-state index contributed by atoms with van der Waals surface area (Å²) in [6, 6.07) is 8.16. The van der Waals surface area contributed by atoms with Gasteiger partial charge in [0.25, 0.3) is 5.91 Å². The Bertz CT molecular complexity index is 889. The molecule has 4 rings (SSSR count). The number of hydrogen-bond donors (Lipinski definition) is 2. The average molecular weight is 461 g/mol. The molecule has 1 aromatic carbocycles. The summed E-state index contributed by atoms with van der Waals surface area (Å²) < 4.78 is 0. The minimum atomic E-state index is -0.996. The van der Waals surface area contributed by atoms with Crippen LogP contribution in [-0.2, 0) is 21.1 Å². The van der Waals surface area contributed by atoms with Crippen molar-refractivity contribution in [3.63, 3.8) is 0 Å². The van der Waals surface area contributed by atoms with Crippen LogP contribution in [0.4, 0.5) is 9.59 Å². The van der Waals surface area contributed by atoms with E-state index >= 15 is 0 Å². The predicted octanol–water partition coefficient (Wildman–Crippen LogP) is 2.60. The summed E-state index contributed by atoms with van der Waals surface area (Å²) in [6.07, 6.45) is 0.192. The maximum atomic E-state index is 12.9. The highest BCUT2D eigenvalue weighted by Crippen LogP contribution is 2.35. The van der Waals surface area contributed by atoms with Crippen LogP contribution in [-0.4, -0.2) is 75.3 Å². The standard InChI is InChI=1S/C23H32N4O6/c1-23(2,3)19-18(11-12-25(19)22(30)31)33-24-20(28)17-10-9-16-13-26(17)21(29)27(16)32-14-15-7-5-4-6-8-15/h4-8,16-19H,9-14H2,1-3H3,(H,24,28)(H,30,31)/t16-,17+,18-,19?/m1/s1. The Morgan fingerprint density at radius 3 is 2.55 bits per heavy atom. The number of piperidine rings is 1. The molecule has 3 aliphatic rings. The highest BCUT2D eigenvalue weighted by atomic mass is 16.7. The van der Waals surface area contributed by atoms with E-state index in [9.17, 15) is 19.5 Å². The monoisotopic (exact) mass is 460 g/mol. The van der Waals surface area contributed by atoms with Gasteiger partial charge in [-0.2, -0.15) is 5.06 Å². The van der Waals surface area contributed by atoms with Crippen LogP contribution in [0, 0.1) is 5.41 Å². The number of hydroxylamine groups is 3. The fourth-order valence-corrected chi connectivity index (χ4v) is 5.12. The van der Waals surface area contributed by atoms with Crippen LogP contribution in [0.5, 0.6) is 0 Å². The van der Waals surface area contributed by atoms with Gasteiger partial charge in [0.2, 0.25) is 0 Å². The van der Waals surface area contributed by atoms with E-state index in [1.165, 1.54) is 14.9 Å². The van der Waals surface area contributed by atoms with Crippen molar-refractivity contribution in [2.45, 2.75) is 70.9 Å². The molecule has 3 heterocycles. The Morgan fingerprint density at radius 2 is 1.88 bits per heavy atom. The van der Waals surface area contributed by atoms with E-state index < -0.39 is 24.1 Å². The molecule has 33 heavy (non-hydrogen) atoms. The summed E-state index contributed by atoms with van der Waals surface area (Å²) in [5.74, 6) is -0.395. The summed E-state index contributed by atoms with van der Waals surface area (Å²) in [4.78, 5) is 51.9. The van der Waals surface area contributed by atoms with E-state index in [1.54, 1.807) is 0 Å². The van der Waals surface area contributed by atoms with Gasteiger partial charge in [0, 0.05) is 13.1 Å². The first-order valence-corrected chi connectivity index (χ1v) is 11.4. The molecule has 3 fully saturated rings. The van der Waals surface area contributed by atoms with Crippen molar-refractivity contribution in [3.05, 3.63) is 35.9 Å². The lowest BCUT2D eigenvalue weighted by molar-refractivity contribution is -0.147. The highest BCUT2D eigenvalue weighted by Gasteiger charge is 2.49. The number of carboxylic acid groups (broad SMARTS) is 1. The Balaban J connectivity index is 1.34. The zero-order valence-electron chi connectivity index (χ0n) is 19.3. The second-order valence-electron chi connectivity index (χ2n) is 9.96. The van der Waals surface area contributed by atoms with Crippen LogP contribution in [0.3, 0.4) is 0 Å². The molecule has 0 saturated carbocycles. The first-order chi connectivity index (χ1) is 15.7. The number of urea groups is 1. The van der Waals surface area contributed by atoms with Gasteiger partial charge in [-0.05, 0) is 30.2 Å². The molecule has 3 aliphatic heterocycles. The van der Waals surface area contributed by atoms with E-state index in [4.69, 9.17) is 9.68 Å². The van der Waals surface area contributed by atoms with Gasteiger partial charge < -0.3 is 14.9 Å². The summed E-state index contributed by atoms with van der Waals surface area (Å²) in [6.45, 7) is 6.91. The lowest BCUT2D eigenvalue weighted by Crippen LogP contribution is -2.53. The third-order valence-electron chi connectivity index (χ3n) is 6.63. The summed E-state index contributed by atoms with van der Waals surface area (Å²) in [7, 11) is 0. The maximum absolute atomic E-state index is 12.9. The Hall–Kier alpha value is -2.85. The van der Waals surface area contributed by atoms with Gasteiger partial charge in [-0.25, -0.2) is 15.1 Å². The van der Waals surface area contributed by atoms with Gasteiger partial charge in [-0.15, -0.1) is 0 Å². The number of hydrogen-bond acceptors (Lipinski definition) is 5. The first-order valence-electron chi connectivity index (χ1n) is 11.4. The number of nitrogens with one attached hydrogen (secondary N) is 1. The van der Waals surface area contributed by atoms with Crippen molar-refractivity contribution in [2.75, 3.05) is 13.1 Å². The second kappa shape index (κ2) is 9.18. The van der Waals surface area contributed by atoms with Gasteiger partial charge in [0.05, 0.1) is 12.1 Å². The van der Waals surface area contributed by atoms with Crippen molar-refractivity contribution < 1.29 is 29.2 Å². The molecule has 4 amide bonds. The Kier molecular flexibility index (Phi) is 6.49. The molecule has 2 bridgehead atoms. The molecule has 1 aromatic rings. The fraction of sp³-hybridized carbons (Fsp3) is 0.609. The third kappa shape index (κ3) is 4.77. The first kappa shape index (κ1) is 23.3. The van der Waals surface area contributed by atoms with E-state index in [0.717, 1.165) is 5.56 Å². The molecule has 0 aliphatic carbocycles. The molecular weight excluding hydrogens is 428 g/mol.